The van der Waals surface area contributed by atoms with Gasteiger partial charge >= 0.3 is 5.97 Å². The number of carboxylic acid groups (broad SMARTS) is 1. The zero-order valence-electron chi connectivity index (χ0n) is 14.0. The van der Waals surface area contributed by atoms with Crippen molar-refractivity contribution in [2.24, 2.45) is 0 Å². The zero-order valence-corrected chi connectivity index (χ0v) is 14.8. The van der Waals surface area contributed by atoms with Crippen molar-refractivity contribution in [3.63, 3.8) is 0 Å². The number of anilines is 2. The highest BCUT2D eigenvalue weighted by atomic mass is 35.5. The summed E-state index contributed by atoms with van der Waals surface area (Å²) in [4.78, 5) is 19.8. The first-order chi connectivity index (χ1) is 13.0. The van der Waals surface area contributed by atoms with Crippen LogP contribution in [0.5, 0.6) is 5.75 Å². The first-order valence-electron chi connectivity index (χ1n) is 7.78. The molecule has 136 valence electrons. The highest BCUT2D eigenvalue weighted by Crippen LogP contribution is 2.23. The second kappa shape index (κ2) is 6.61. The molecule has 0 amide bonds. The van der Waals surface area contributed by atoms with E-state index < -0.39 is 5.97 Å². The fourth-order valence-electron chi connectivity index (χ4n) is 2.62. The molecule has 9 nitrogen and oxygen atoms in total. The molecule has 0 spiro atoms. The standard InChI is InChI=1S/C17H13ClN6O3/c1-27-12-6-10(16(25)26)5-11(7-12)23-8-14(19-9-23)20-15-13-3-2-4-24(13)22-17(18)21-15/h2-9H,1H3,(H,25,26)(H,20,21,22). The van der Waals surface area contributed by atoms with Gasteiger partial charge in [0.05, 0.1) is 24.6 Å². The third-order valence-electron chi connectivity index (χ3n) is 3.87. The number of hydrogen-bond acceptors (Lipinski definition) is 6. The maximum Gasteiger partial charge on any atom is 0.335 e. The van der Waals surface area contributed by atoms with E-state index in [1.165, 1.54) is 19.2 Å². The van der Waals surface area contributed by atoms with E-state index in [0.717, 1.165) is 5.52 Å². The van der Waals surface area contributed by atoms with Crippen LogP contribution in [0.3, 0.4) is 0 Å². The molecule has 0 fully saturated rings. The Morgan fingerprint density at radius 3 is 2.96 bits per heavy atom. The van der Waals surface area contributed by atoms with Gasteiger partial charge in [0, 0.05) is 12.3 Å². The minimum Gasteiger partial charge on any atom is -0.497 e. The van der Waals surface area contributed by atoms with Crippen molar-refractivity contribution in [3.8, 4) is 11.4 Å². The normalized spacial score (nSPS) is 10.9. The van der Waals surface area contributed by atoms with Crippen LogP contribution < -0.4 is 10.1 Å². The van der Waals surface area contributed by atoms with Gasteiger partial charge in [-0.2, -0.15) is 4.98 Å². The average Bonchev–Trinajstić information content (AvgIpc) is 3.30. The molecule has 0 bridgehead atoms. The van der Waals surface area contributed by atoms with E-state index in [2.05, 4.69) is 20.4 Å². The Hall–Kier alpha value is -3.59. The van der Waals surface area contributed by atoms with Crippen molar-refractivity contribution in [2.75, 3.05) is 12.4 Å². The maximum atomic E-state index is 11.3. The van der Waals surface area contributed by atoms with Crippen molar-refractivity contribution >= 4 is 34.7 Å². The van der Waals surface area contributed by atoms with Gasteiger partial charge in [-0.25, -0.2) is 14.3 Å². The summed E-state index contributed by atoms with van der Waals surface area (Å²) in [6.45, 7) is 0. The van der Waals surface area contributed by atoms with Gasteiger partial charge < -0.3 is 19.7 Å². The molecule has 0 radical (unpaired) electrons. The van der Waals surface area contributed by atoms with Crippen LogP contribution in [0.25, 0.3) is 11.2 Å². The molecule has 0 aliphatic carbocycles. The number of ether oxygens (including phenoxy) is 1. The van der Waals surface area contributed by atoms with Crippen molar-refractivity contribution < 1.29 is 14.6 Å². The van der Waals surface area contributed by atoms with Gasteiger partial charge in [-0.15, -0.1) is 5.10 Å². The molecule has 0 atom stereocenters. The second-order valence-corrected chi connectivity index (χ2v) is 5.92. The zero-order chi connectivity index (χ0) is 19.0. The third-order valence-corrected chi connectivity index (χ3v) is 4.03. The minimum absolute atomic E-state index is 0.0968. The van der Waals surface area contributed by atoms with E-state index in [1.54, 1.807) is 33.9 Å². The summed E-state index contributed by atoms with van der Waals surface area (Å²) < 4.78 is 8.46. The van der Waals surface area contributed by atoms with E-state index >= 15 is 0 Å². The molecular formula is C17H13ClN6O3. The molecule has 3 heterocycles. The van der Waals surface area contributed by atoms with Crippen molar-refractivity contribution in [1.29, 1.82) is 0 Å². The number of benzene rings is 1. The van der Waals surface area contributed by atoms with Crippen LogP contribution in [0.4, 0.5) is 11.6 Å². The minimum atomic E-state index is -1.04. The fourth-order valence-corrected chi connectivity index (χ4v) is 2.79. The maximum absolute atomic E-state index is 11.3. The second-order valence-electron chi connectivity index (χ2n) is 5.58. The number of carboxylic acids is 1. The number of nitrogens with zero attached hydrogens (tertiary/aromatic N) is 5. The third kappa shape index (κ3) is 3.27. The molecule has 4 rings (SSSR count). The summed E-state index contributed by atoms with van der Waals surface area (Å²) in [5.41, 5.74) is 1.45. The van der Waals surface area contributed by atoms with E-state index in [4.69, 9.17) is 16.3 Å². The summed E-state index contributed by atoms with van der Waals surface area (Å²) in [6, 6.07) is 8.37. The van der Waals surface area contributed by atoms with E-state index in [9.17, 15) is 9.90 Å². The number of halogens is 1. The lowest BCUT2D eigenvalue weighted by atomic mass is 10.2. The monoisotopic (exact) mass is 384 g/mol. The molecule has 0 saturated carbocycles. The Morgan fingerprint density at radius 1 is 1.33 bits per heavy atom. The fraction of sp³-hybridized carbons (Fsp3) is 0.0588. The molecule has 27 heavy (non-hydrogen) atoms. The Bertz CT molecular complexity index is 1150. The van der Waals surface area contributed by atoms with Crippen LogP contribution in [-0.4, -0.2) is 42.3 Å². The van der Waals surface area contributed by atoms with Crippen molar-refractivity contribution in [2.45, 2.75) is 0 Å². The topological polar surface area (TPSA) is 107 Å². The number of aromatic nitrogens is 5. The van der Waals surface area contributed by atoms with Crippen LogP contribution in [-0.2, 0) is 0 Å². The van der Waals surface area contributed by atoms with Crippen molar-refractivity contribution in [1.82, 2.24) is 24.1 Å². The number of imidazole rings is 1. The van der Waals surface area contributed by atoms with Crippen LogP contribution in [0.2, 0.25) is 5.28 Å². The number of hydrogen-bond donors (Lipinski definition) is 2. The van der Waals surface area contributed by atoms with E-state index in [-0.39, 0.29) is 10.8 Å². The lowest BCUT2D eigenvalue weighted by Gasteiger charge is -2.07. The van der Waals surface area contributed by atoms with Gasteiger partial charge in [0.25, 0.3) is 0 Å². The predicted molar refractivity (Wildman–Crippen MR) is 98.4 cm³/mol. The Balaban J connectivity index is 1.69. The number of aromatic carboxylic acids is 1. The lowest BCUT2D eigenvalue weighted by Crippen LogP contribution is -2.01. The number of carbonyl (C=O) groups is 1. The molecule has 0 unspecified atom stereocenters. The molecule has 0 aliphatic heterocycles. The van der Waals surface area contributed by atoms with Gasteiger partial charge in [-0.1, -0.05) is 0 Å². The van der Waals surface area contributed by atoms with Crippen molar-refractivity contribution in [3.05, 3.63) is 59.9 Å². The smallest absolute Gasteiger partial charge is 0.335 e. The molecule has 10 heteroatoms. The summed E-state index contributed by atoms with van der Waals surface area (Å²) in [6.07, 6.45) is 5.02. The quantitative estimate of drug-likeness (QED) is 0.544. The summed E-state index contributed by atoms with van der Waals surface area (Å²) in [5.74, 6) is 0.403. The molecule has 0 saturated heterocycles. The average molecular weight is 385 g/mol. The first kappa shape index (κ1) is 16.9. The molecule has 1 aromatic carbocycles. The highest BCUT2D eigenvalue weighted by Gasteiger charge is 2.11. The summed E-state index contributed by atoms with van der Waals surface area (Å²) in [7, 11) is 1.48. The molecule has 4 aromatic rings. The molecule has 3 aromatic heterocycles. The molecule has 0 aliphatic rings. The van der Waals surface area contributed by atoms with Crippen LogP contribution in [0, 0.1) is 0 Å². The van der Waals surface area contributed by atoms with Crippen LogP contribution >= 0.6 is 11.6 Å². The van der Waals surface area contributed by atoms with Gasteiger partial charge in [-0.05, 0) is 35.9 Å². The lowest BCUT2D eigenvalue weighted by molar-refractivity contribution is 0.0696. The number of fused-ring (bicyclic) bond motifs is 1. The Labute approximate surface area is 157 Å². The van der Waals surface area contributed by atoms with Gasteiger partial charge in [0.1, 0.15) is 23.4 Å². The Morgan fingerprint density at radius 2 is 2.19 bits per heavy atom. The number of rotatable bonds is 5. The first-order valence-corrected chi connectivity index (χ1v) is 8.16. The number of nitrogens with one attached hydrogen (secondary N) is 1. The SMILES string of the molecule is COc1cc(C(=O)O)cc(-n2cnc(Nc3nc(Cl)nn4cccc34)c2)c1. The predicted octanol–water partition coefficient (Wildman–Crippen LogP) is 3.02. The highest BCUT2D eigenvalue weighted by molar-refractivity contribution is 6.28. The Kier molecular flexibility index (Phi) is 4.13. The molecular weight excluding hydrogens is 372 g/mol. The van der Waals surface area contributed by atoms with Gasteiger partial charge in [0.2, 0.25) is 5.28 Å². The van der Waals surface area contributed by atoms with E-state index in [0.29, 0.717) is 23.1 Å². The van der Waals surface area contributed by atoms with Gasteiger partial charge in [0.15, 0.2) is 5.82 Å². The summed E-state index contributed by atoms with van der Waals surface area (Å²) >= 11 is 5.95. The van der Waals surface area contributed by atoms with Gasteiger partial charge in [-0.3, -0.25) is 0 Å². The number of methoxy groups -OCH3 is 1. The van der Waals surface area contributed by atoms with Crippen LogP contribution in [0.15, 0.2) is 49.1 Å². The largest absolute Gasteiger partial charge is 0.497 e. The molecule has 2 N–H and O–H groups in total. The van der Waals surface area contributed by atoms with Crippen LogP contribution in [0.1, 0.15) is 10.4 Å². The van der Waals surface area contributed by atoms with E-state index in [1.807, 2.05) is 12.1 Å². The summed E-state index contributed by atoms with van der Waals surface area (Å²) in [5, 5.41) is 16.5.